The average Bonchev–Trinajstić information content (AvgIpc) is 2.99. The van der Waals surface area contributed by atoms with Gasteiger partial charge in [0, 0.05) is 18.0 Å². The Hall–Kier alpha value is -3.02. The Labute approximate surface area is 121 Å². The monoisotopic (exact) mass is 276 g/mol. The van der Waals surface area contributed by atoms with Gasteiger partial charge in [0.15, 0.2) is 5.82 Å². The number of nitrogens with zero attached hydrogens (tertiary/aromatic N) is 5. The molecule has 6 heteroatoms. The smallest absolute Gasteiger partial charge is 0.242 e. The van der Waals surface area contributed by atoms with Crippen LogP contribution in [0, 0.1) is 0 Å². The van der Waals surface area contributed by atoms with E-state index in [0.717, 1.165) is 16.8 Å². The molecule has 0 amide bonds. The van der Waals surface area contributed by atoms with Crippen LogP contribution in [0.3, 0.4) is 0 Å². The van der Waals surface area contributed by atoms with Gasteiger partial charge in [0.05, 0.1) is 12.3 Å². The van der Waals surface area contributed by atoms with Crippen molar-refractivity contribution >= 4 is 11.7 Å². The minimum Gasteiger partial charge on any atom is -0.264 e. The van der Waals surface area contributed by atoms with Crippen molar-refractivity contribution in [3.8, 4) is 11.4 Å². The van der Waals surface area contributed by atoms with Crippen LogP contribution in [0.4, 0.5) is 5.95 Å². The number of benzene rings is 1. The first kappa shape index (κ1) is 11.8. The van der Waals surface area contributed by atoms with Crippen LogP contribution in [-0.2, 0) is 6.54 Å². The minimum atomic E-state index is 0.597. The van der Waals surface area contributed by atoms with Crippen molar-refractivity contribution in [3.05, 3.63) is 60.4 Å². The van der Waals surface area contributed by atoms with Crippen molar-refractivity contribution in [3.63, 3.8) is 0 Å². The zero-order valence-corrected chi connectivity index (χ0v) is 11.1. The van der Waals surface area contributed by atoms with E-state index >= 15 is 0 Å². The molecule has 0 fully saturated rings. The summed E-state index contributed by atoms with van der Waals surface area (Å²) in [5.41, 5.74) is 5.86. The highest BCUT2D eigenvalue weighted by atomic mass is 15.5. The SMILES string of the molecule is c1ccc(C2=NNc3nc(-c4cccnc4)nn3C2)cc1. The number of aromatic nitrogens is 4. The Balaban J connectivity index is 1.66. The van der Waals surface area contributed by atoms with E-state index < -0.39 is 0 Å². The molecule has 0 aliphatic carbocycles. The van der Waals surface area contributed by atoms with Crippen LogP contribution < -0.4 is 5.43 Å². The third kappa shape index (κ3) is 2.16. The van der Waals surface area contributed by atoms with Gasteiger partial charge in [0.2, 0.25) is 5.95 Å². The maximum absolute atomic E-state index is 4.52. The highest BCUT2D eigenvalue weighted by Crippen LogP contribution is 2.19. The molecule has 0 atom stereocenters. The first-order valence-corrected chi connectivity index (χ1v) is 6.63. The third-order valence-electron chi connectivity index (χ3n) is 3.29. The minimum absolute atomic E-state index is 0.597. The van der Waals surface area contributed by atoms with Crippen LogP contribution in [0.1, 0.15) is 5.56 Å². The lowest BCUT2D eigenvalue weighted by atomic mass is 10.1. The van der Waals surface area contributed by atoms with E-state index in [1.54, 1.807) is 12.4 Å². The predicted molar refractivity (Wildman–Crippen MR) is 79.9 cm³/mol. The van der Waals surface area contributed by atoms with Crippen LogP contribution in [0.2, 0.25) is 0 Å². The summed E-state index contributed by atoms with van der Waals surface area (Å²) in [6, 6.07) is 13.9. The fourth-order valence-corrected chi connectivity index (χ4v) is 2.23. The summed E-state index contributed by atoms with van der Waals surface area (Å²) in [7, 11) is 0. The first-order valence-electron chi connectivity index (χ1n) is 6.63. The summed E-state index contributed by atoms with van der Waals surface area (Å²) in [6.07, 6.45) is 3.48. The maximum Gasteiger partial charge on any atom is 0.242 e. The van der Waals surface area contributed by atoms with Gasteiger partial charge in [0.1, 0.15) is 0 Å². The van der Waals surface area contributed by atoms with Crippen molar-refractivity contribution in [1.29, 1.82) is 0 Å². The second-order valence-corrected chi connectivity index (χ2v) is 4.69. The quantitative estimate of drug-likeness (QED) is 0.779. The van der Waals surface area contributed by atoms with Crippen molar-refractivity contribution in [2.75, 3.05) is 5.43 Å². The molecule has 1 aromatic carbocycles. The van der Waals surface area contributed by atoms with Crippen LogP contribution in [0.5, 0.6) is 0 Å². The van der Waals surface area contributed by atoms with Crippen LogP contribution in [0.15, 0.2) is 60.0 Å². The summed E-state index contributed by atoms with van der Waals surface area (Å²) in [4.78, 5) is 8.53. The molecule has 0 bridgehead atoms. The molecule has 102 valence electrons. The molecule has 0 saturated carbocycles. The number of hydrogen-bond donors (Lipinski definition) is 1. The molecule has 4 rings (SSSR count). The molecule has 6 nitrogen and oxygen atoms in total. The fourth-order valence-electron chi connectivity index (χ4n) is 2.23. The van der Waals surface area contributed by atoms with E-state index in [1.165, 1.54) is 0 Å². The molecule has 0 radical (unpaired) electrons. The zero-order chi connectivity index (χ0) is 14.1. The van der Waals surface area contributed by atoms with Gasteiger partial charge in [-0.1, -0.05) is 30.3 Å². The van der Waals surface area contributed by atoms with E-state index in [0.29, 0.717) is 18.3 Å². The predicted octanol–water partition coefficient (Wildman–Crippen LogP) is 2.17. The molecule has 0 saturated heterocycles. The van der Waals surface area contributed by atoms with Gasteiger partial charge in [-0.25, -0.2) is 10.1 Å². The van der Waals surface area contributed by atoms with Crippen LogP contribution >= 0.6 is 0 Å². The van der Waals surface area contributed by atoms with E-state index in [2.05, 4.69) is 25.6 Å². The van der Waals surface area contributed by atoms with Gasteiger partial charge in [-0.3, -0.25) is 4.98 Å². The molecule has 21 heavy (non-hydrogen) atoms. The molecule has 1 aliphatic heterocycles. The number of pyridine rings is 1. The van der Waals surface area contributed by atoms with Crippen molar-refractivity contribution in [2.24, 2.45) is 5.10 Å². The highest BCUT2D eigenvalue weighted by Gasteiger charge is 2.18. The summed E-state index contributed by atoms with van der Waals surface area (Å²) >= 11 is 0. The van der Waals surface area contributed by atoms with Gasteiger partial charge in [-0.05, 0) is 17.7 Å². The summed E-state index contributed by atoms with van der Waals surface area (Å²) < 4.78 is 1.82. The lowest BCUT2D eigenvalue weighted by Gasteiger charge is -2.13. The second kappa shape index (κ2) is 4.82. The summed E-state index contributed by atoms with van der Waals surface area (Å²) in [5.74, 6) is 1.30. The molecule has 1 aliphatic rings. The van der Waals surface area contributed by atoms with Crippen LogP contribution in [0.25, 0.3) is 11.4 Å². The summed E-state index contributed by atoms with van der Waals surface area (Å²) in [6.45, 7) is 0.597. The van der Waals surface area contributed by atoms with Gasteiger partial charge >= 0.3 is 0 Å². The molecule has 1 N–H and O–H groups in total. The number of nitrogens with one attached hydrogen (secondary N) is 1. The van der Waals surface area contributed by atoms with E-state index in [1.807, 2.05) is 47.1 Å². The number of hydrogen-bond acceptors (Lipinski definition) is 5. The van der Waals surface area contributed by atoms with Crippen molar-refractivity contribution in [1.82, 2.24) is 19.7 Å². The van der Waals surface area contributed by atoms with E-state index in [-0.39, 0.29) is 0 Å². The fraction of sp³-hybridized carbons (Fsp3) is 0.0667. The van der Waals surface area contributed by atoms with Gasteiger partial charge in [-0.15, -0.1) is 5.10 Å². The Morgan fingerprint density at radius 3 is 2.67 bits per heavy atom. The number of hydrazone groups is 1. The van der Waals surface area contributed by atoms with Crippen LogP contribution in [-0.4, -0.2) is 25.5 Å². The van der Waals surface area contributed by atoms with Gasteiger partial charge < -0.3 is 0 Å². The largest absolute Gasteiger partial charge is 0.264 e. The number of anilines is 1. The standard InChI is InChI=1S/C15H12N6/c1-2-5-11(6-3-1)13-10-21-15(19-18-13)17-14(20-21)12-7-4-8-16-9-12/h1-9H,10H2,(H,17,19,20). The van der Waals surface area contributed by atoms with Gasteiger partial charge in [0.25, 0.3) is 0 Å². The van der Waals surface area contributed by atoms with E-state index in [9.17, 15) is 0 Å². The Bertz CT molecular complexity index is 792. The molecule has 2 aromatic heterocycles. The lowest BCUT2D eigenvalue weighted by molar-refractivity contribution is 0.714. The summed E-state index contributed by atoms with van der Waals surface area (Å²) in [5, 5.41) is 8.89. The van der Waals surface area contributed by atoms with Gasteiger partial charge in [-0.2, -0.15) is 10.1 Å². The molecular weight excluding hydrogens is 264 g/mol. The molecule has 0 spiro atoms. The Kier molecular flexibility index (Phi) is 2.71. The maximum atomic E-state index is 4.52. The number of rotatable bonds is 2. The molecular formula is C15H12N6. The Morgan fingerprint density at radius 1 is 1.00 bits per heavy atom. The molecule has 3 heterocycles. The Morgan fingerprint density at radius 2 is 1.86 bits per heavy atom. The molecule has 3 aromatic rings. The number of fused-ring (bicyclic) bond motifs is 1. The van der Waals surface area contributed by atoms with E-state index in [4.69, 9.17) is 0 Å². The normalized spacial score (nSPS) is 13.2. The average molecular weight is 276 g/mol. The third-order valence-corrected chi connectivity index (χ3v) is 3.29. The highest BCUT2D eigenvalue weighted by molar-refractivity contribution is 6.01. The lowest BCUT2D eigenvalue weighted by Crippen LogP contribution is -2.21. The molecule has 0 unspecified atom stereocenters. The van der Waals surface area contributed by atoms with Crippen molar-refractivity contribution in [2.45, 2.75) is 6.54 Å². The second-order valence-electron chi connectivity index (χ2n) is 4.69. The topological polar surface area (TPSA) is 68.0 Å². The first-order chi connectivity index (χ1) is 10.4. The zero-order valence-electron chi connectivity index (χ0n) is 11.1. The van der Waals surface area contributed by atoms with Crippen molar-refractivity contribution < 1.29 is 0 Å².